The first-order valence-corrected chi connectivity index (χ1v) is 7.93. The van der Waals surface area contributed by atoms with Crippen LogP contribution in [0.5, 0.6) is 0 Å². The van der Waals surface area contributed by atoms with Gasteiger partial charge in [0.25, 0.3) is 0 Å². The van der Waals surface area contributed by atoms with Gasteiger partial charge in [-0.25, -0.2) is 9.37 Å². The molecule has 0 amide bonds. The molecule has 2 aromatic rings. The van der Waals surface area contributed by atoms with Crippen LogP contribution in [0.4, 0.5) is 10.2 Å². The molecule has 0 bridgehead atoms. The van der Waals surface area contributed by atoms with Crippen LogP contribution >= 0.6 is 11.8 Å². The zero-order valence-corrected chi connectivity index (χ0v) is 13.1. The number of aromatic nitrogens is 1. The maximum atomic E-state index is 13.7. The average Bonchev–Trinajstić information content (AvgIpc) is 2.46. The van der Waals surface area contributed by atoms with E-state index in [-0.39, 0.29) is 11.9 Å². The quantitative estimate of drug-likeness (QED) is 0.801. The van der Waals surface area contributed by atoms with Gasteiger partial charge >= 0.3 is 0 Å². The smallest absolute Gasteiger partial charge is 0.136 e. The third-order valence-corrected chi connectivity index (χ3v) is 4.42. The standard InChI is InChI=1S/C16H20FN3S/c1-3-19-13(15-11(2)8-9-20-16(15)18)10-21-14-7-5-4-6-12(14)17/h4-9,13,19H,3,10H2,1-2H3,(H2,18,20). The Kier molecular flexibility index (Phi) is 5.59. The fourth-order valence-electron chi connectivity index (χ4n) is 2.27. The third kappa shape index (κ3) is 3.95. The van der Waals surface area contributed by atoms with Crippen LogP contribution in [0.2, 0.25) is 0 Å². The summed E-state index contributed by atoms with van der Waals surface area (Å²) in [6.45, 7) is 4.88. The Hall–Kier alpha value is -1.59. The molecule has 3 N–H and O–H groups in total. The van der Waals surface area contributed by atoms with E-state index in [0.29, 0.717) is 16.5 Å². The Morgan fingerprint density at radius 2 is 2.10 bits per heavy atom. The van der Waals surface area contributed by atoms with Crippen LogP contribution in [-0.4, -0.2) is 17.3 Å². The minimum Gasteiger partial charge on any atom is -0.383 e. The molecule has 0 fully saturated rings. The van der Waals surface area contributed by atoms with Gasteiger partial charge in [-0.15, -0.1) is 11.8 Å². The van der Waals surface area contributed by atoms with Crippen molar-refractivity contribution in [3.63, 3.8) is 0 Å². The monoisotopic (exact) mass is 305 g/mol. The van der Waals surface area contributed by atoms with Crippen LogP contribution in [0.1, 0.15) is 24.1 Å². The third-order valence-electron chi connectivity index (χ3n) is 3.28. The molecule has 0 spiro atoms. The van der Waals surface area contributed by atoms with Crippen LogP contribution in [0, 0.1) is 12.7 Å². The number of nitrogens with one attached hydrogen (secondary N) is 1. The van der Waals surface area contributed by atoms with Crippen LogP contribution in [0.15, 0.2) is 41.4 Å². The molecular formula is C16H20FN3S. The van der Waals surface area contributed by atoms with Gasteiger partial charge in [-0.2, -0.15) is 0 Å². The summed E-state index contributed by atoms with van der Waals surface area (Å²) in [6.07, 6.45) is 1.71. The van der Waals surface area contributed by atoms with E-state index in [2.05, 4.69) is 10.3 Å². The summed E-state index contributed by atoms with van der Waals surface area (Å²) in [5, 5.41) is 3.41. The van der Waals surface area contributed by atoms with Gasteiger partial charge in [0.1, 0.15) is 11.6 Å². The highest BCUT2D eigenvalue weighted by Gasteiger charge is 2.17. The summed E-state index contributed by atoms with van der Waals surface area (Å²) < 4.78 is 13.7. The number of nitrogens with two attached hydrogens (primary N) is 1. The van der Waals surface area contributed by atoms with E-state index >= 15 is 0 Å². The van der Waals surface area contributed by atoms with Gasteiger partial charge in [0.15, 0.2) is 0 Å². The van der Waals surface area contributed by atoms with E-state index in [1.807, 2.05) is 26.0 Å². The Balaban J connectivity index is 2.18. The second kappa shape index (κ2) is 7.43. The van der Waals surface area contributed by atoms with Gasteiger partial charge in [0, 0.05) is 28.5 Å². The van der Waals surface area contributed by atoms with Crippen LogP contribution in [0.3, 0.4) is 0 Å². The number of benzene rings is 1. The van der Waals surface area contributed by atoms with E-state index in [1.165, 1.54) is 17.8 Å². The molecule has 21 heavy (non-hydrogen) atoms. The van der Waals surface area contributed by atoms with Crippen molar-refractivity contribution in [1.82, 2.24) is 10.3 Å². The highest BCUT2D eigenvalue weighted by molar-refractivity contribution is 7.99. The molecule has 1 unspecified atom stereocenters. The summed E-state index contributed by atoms with van der Waals surface area (Å²) >= 11 is 1.49. The maximum Gasteiger partial charge on any atom is 0.136 e. The van der Waals surface area contributed by atoms with E-state index < -0.39 is 0 Å². The van der Waals surface area contributed by atoms with Gasteiger partial charge in [0.05, 0.1) is 0 Å². The molecule has 1 aromatic heterocycles. The van der Waals surface area contributed by atoms with E-state index in [1.54, 1.807) is 18.3 Å². The molecular weight excluding hydrogens is 285 g/mol. The Bertz CT molecular complexity index is 584. The molecule has 1 heterocycles. The lowest BCUT2D eigenvalue weighted by molar-refractivity contribution is 0.594. The number of rotatable bonds is 6. The molecule has 1 atom stereocenters. The molecule has 0 aliphatic carbocycles. The van der Waals surface area contributed by atoms with Crippen molar-refractivity contribution < 1.29 is 4.39 Å². The lowest BCUT2D eigenvalue weighted by Crippen LogP contribution is -2.25. The largest absolute Gasteiger partial charge is 0.383 e. The highest BCUT2D eigenvalue weighted by Crippen LogP contribution is 2.30. The lowest BCUT2D eigenvalue weighted by Gasteiger charge is -2.21. The van der Waals surface area contributed by atoms with Crippen molar-refractivity contribution in [2.75, 3.05) is 18.0 Å². The van der Waals surface area contributed by atoms with Gasteiger partial charge in [-0.1, -0.05) is 19.1 Å². The zero-order valence-electron chi connectivity index (χ0n) is 12.3. The van der Waals surface area contributed by atoms with Crippen molar-refractivity contribution in [2.45, 2.75) is 24.8 Å². The number of pyridine rings is 1. The van der Waals surface area contributed by atoms with Crippen molar-refractivity contribution in [3.05, 3.63) is 53.5 Å². The number of hydrogen-bond donors (Lipinski definition) is 2. The van der Waals surface area contributed by atoms with Crippen molar-refractivity contribution >= 4 is 17.6 Å². The topological polar surface area (TPSA) is 50.9 Å². The molecule has 0 aliphatic rings. The second-order valence-corrected chi connectivity index (χ2v) is 5.84. The summed E-state index contributed by atoms with van der Waals surface area (Å²) in [6, 6.07) is 8.82. The first kappa shape index (κ1) is 15.8. The van der Waals surface area contributed by atoms with Crippen molar-refractivity contribution in [1.29, 1.82) is 0 Å². The van der Waals surface area contributed by atoms with Gasteiger partial charge in [-0.3, -0.25) is 0 Å². The number of nitrogens with zero attached hydrogens (tertiary/aromatic N) is 1. The predicted molar refractivity (Wildman–Crippen MR) is 86.9 cm³/mol. The molecule has 0 radical (unpaired) electrons. The molecule has 3 nitrogen and oxygen atoms in total. The van der Waals surface area contributed by atoms with Crippen LogP contribution in [0.25, 0.3) is 0 Å². The van der Waals surface area contributed by atoms with Gasteiger partial charge in [0.2, 0.25) is 0 Å². The minimum atomic E-state index is -0.186. The zero-order chi connectivity index (χ0) is 15.2. The van der Waals surface area contributed by atoms with Crippen LogP contribution in [-0.2, 0) is 0 Å². The van der Waals surface area contributed by atoms with Crippen molar-refractivity contribution in [2.24, 2.45) is 0 Å². The molecule has 112 valence electrons. The molecule has 0 saturated heterocycles. The van der Waals surface area contributed by atoms with E-state index in [9.17, 15) is 4.39 Å². The fourth-order valence-corrected chi connectivity index (χ4v) is 3.28. The van der Waals surface area contributed by atoms with Crippen molar-refractivity contribution in [3.8, 4) is 0 Å². The summed E-state index contributed by atoms with van der Waals surface area (Å²) in [5.74, 6) is 1.05. The van der Waals surface area contributed by atoms with Gasteiger partial charge in [-0.05, 0) is 37.2 Å². The highest BCUT2D eigenvalue weighted by atomic mass is 32.2. The first-order valence-electron chi connectivity index (χ1n) is 6.95. The SMILES string of the molecule is CCNC(CSc1ccccc1F)c1c(C)ccnc1N. The number of thioether (sulfide) groups is 1. The Morgan fingerprint density at radius 1 is 1.33 bits per heavy atom. The summed E-state index contributed by atoms with van der Waals surface area (Å²) in [4.78, 5) is 4.82. The molecule has 2 rings (SSSR count). The Morgan fingerprint density at radius 3 is 2.76 bits per heavy atom. The average molecular weight is 305 g/mol. The molecule has 1 aromatic carbocycles. The molecule has 0 saturated carbocycles. The van der Waals surface area contributed by atoms with E-state index in [4.69, 9.17) is 5.73 Å². The number of nitrogen functional groups attached to an aromatic ring is 1. The maximum absolute atomic E-state index is 13.7. The normalized spacial score (nSPS) is 12.3. The Labute approximate surface area is 129 Å². The first-order chi connectivity index (χ1) is 10.1. The lowest BCUT2D eigenvalue weighted by atomic mass is 10.0. The predicted octanol–water partition coefficient (Wildman–Crippen LogP) is 3.55. The number of anilines is 1. The van der Waals surface area contributed by atoms with Gasteiger partial charge < -0.3 is 11.1 Å². The molecule has 5 heteroatoms. The fraction of sp³-hybridized carbons (Fsp3) is 0.312. The summed E-state index contributed by atoms with van der Waals surface area (Å²) in [7, 11) is 0. The number of aryl methyl sites for hydroxylation is 1. The number of halogens is 1. The minimum absolute atomic E-state index is 0.0494. The number of hydrogen-bond acceptors (Lipinski definition) is 4. The molecule has 0 aliphatic heterocycles. The van der Waals surface area contributed by atoms with Crippen LogP contribution < -0.4 is 11.1 Å². The second-order valence-electron chi connectivity index (χ2n) is 4.78. The van der Waals surface area contributed by atoms with E-state index in [0.717, 1.165) is 17.7 Å². The summed E-state index contributed by atoms with van der Waals surface area (Å²) in [5.41, 5.74) is 8.12.